The van der Waals surface area contributed by atoms with Gasteiger partial charge in [0, 0.05) is 6.42 Å². The smallest absolute Gasteiger partial charge is 0.387 e. The van der Waals surface area contributed by atoms with Crippen molar-refractivity contribution in [1.82, 2.24) is 0 Å². The van der Waals surface area contributed by atoms with Crippen LogP contribution < -0.4 is 4.74 Å². The van der Waals surface area contributed by atoms with Crippen LogP contribution in [0.5, 0.6) is 5.75 Å². The highest BCUT2D eigenvalue weighted by molar-refractivity contribution is 7.12. The molecule has 0 aliphatic rings. The lowest BCUT2D eigenvalue weighted by Gasteiger charge is -2.07. The van der Waals surface area contributed by atoms with Gasteiger partial charge in [0.05, 0.1) is 0 Å². The lowest BCUT2D eigenvalue weighted by molar-refractivity contribution is -0.0498. The maximum absolute atomic E-state index is 12.6. The largest absolute Gasteiger partial charge is 0.433 e. The summed E-state index contributed by atoms with van der Waals surface area (Å²) < 4.78 is 29.3. The minimum Gasteiger partial charge on any atom is -0.433 e. The van der Waals surface area contributed by atoms with Crippen molar-refractivity contribution >= 4 is 29.3 Å². The van der Waals surface area contributed by atoms with E-state index in [2.05, 4.69) is 4.74 Å². The third kappa shape index (κ3) is 4.64. The van der Waals surface area contributed by atoms with Gasteiger partial charge >= 0.3 is 6.61 Å². The zero-order chi connectivity index (χ0) is 18.4. The molecule has 0 spiro atoms. The molecule has 0 aliphatic carbocycles. The van der Waals surface area contributed by atoms with E-state index in [9.17, 15) is 13.6 Å². The summed E-state index contributed by atoms with van der Waals surface area (Å²) in [6, 6.07) is 18.8. The molecular formula is C21H16F2O2S. The first-order valence-corrected chi connectivity index (χ1v) is 8.88. The summed E-state index contributed by atoms with van der Waals surface area (Å²) in [7, 11) is 0. The molecule has 0 bridgehead atoms. The van der Waals surface area contributed by atoms with Crippen LogP contribution in [0.2, 0.25) is 0 Å². The molecule has 5 heteroatoms. The molecule has 0 radical (unpaired) electrons. The Morgan fingerprint density at radius 1 is 1.00 bits per heavy atom. The van der Waals surface area contributed by atoms with Gasteiger partial charge in [0.15, 0.2) is 5.78 Å². The van der Waals surface area contributed by atoms with Gasteiger partial charge in [-0.15, -0.1) is 11.3 Å². The first-order valence-electron chi connectivity index (χ1n) is 8.00. The van der Waals surface area contributed by atoms with Gasteiger partial charge < -0.3 is 4.74 Å². The van der Waals surface area contributed by atoms with E-state index in [0.29, 0.717) is 0 Å². The van der Waals surface area contributed by atoms with E-state index in [1.807, 2.05) is 66.7 Å². The van der Waals surface area contributed by atoms with Crippen LogP contribution >= 0.6 is 11.3 Å². The number of carbonyl (C=O) groups is 1. The first-order chi connectivity index (χ1) is 12.6. The Balaban J connectivity index is 1.79. The number of halogens is 2. The minimum atomic E-state index is -2.95. The quantitative estimate of drug-likeness (QED) is 0.380. The molecule has 26 heavy (non-hydrogen) atoms. The molecule has 3 aromatic rings. The predicted molar refractivity (Wildman–Crippen MR) is 101 cm³/mol. The van der Waals surface area contributed by atoms with Crippen molar-refractivity contribution in [3.8, 4) is 5.75 Å². The summed E-state index contributed by atoms with van der Waals surface area (Å²) in [4.78, 5) is 12.8. The van der Waals surface area contributed by atoms with Gasteiger partial charge in [-0.2, -0.15) is 8.78 Å². The Morgan fingerprint density at radius 2 is 1.73 bits per heavy atom. The maximum Gasteiger partial charge on any atom is 0.387 e. The Hall–Kier alpha value is -2.79. The van der Waals surface area contributed by atoms with Crippen molar-refractivity contribution in [2.24, 2.45) is 0 Å². The summed E-state index contributed by atoms with van der Waals surface area (Å²) in [6.07, 6.45) is 4.04. The average Bonchev–Trinajstić information content (AvgIpc) is 3.09. The third-order valence-corrected chi connectivity index (χ3v) is 4.70. The fourth-order valence-electron chi connectivity index (χ4n) is 2.55. The number of hydrogen-bond acceptors (Lipinski definition) is 3. The van der Waals surface area contributed by atoms with E-state index < -0.39 is 6.61 Å². The highest BCUT2D eigenvalue weighted by Gasteiger charge is 2.18. The second kappa shape index (κ2) is 8.54. The number of rotatable bonds is 7. The SMILES string of the molecule is O=C(Cc1ccccc1/C=C\c1ccccc1)c1sccc1OC(F)F. The van der Waals surface area contributed by atoms with Gasteiger partial charge in [0.1, 0.15) is 10.6 Å². The van der Waals surface area contributed by atoms with Crippen LogP contribution in [0.4, 0.5) is 8.78 Å². The Kier molecular flexibility index (Phi) is 5.92. The number of ketones is 1. The van der Waals surface area contributed by atoms with Gasteiger partial charge in [-0.25, -0.2) is 0 Å². The van der Waals surface area contributed by atoms with E-state index in [1.165, 1.54) is 6.07 Å². The zero-order valence-electron chi connectivity index (χ0n) is 13.8. The second-order valence-corrected chi connectivity index (χ2v) is 6.45. The molecule has 0 amide bonds. The van der Waals surface area contributed by atoms with Gasteiger partial charge in [-0.3, -0.25) is 4.79 Å². The minimum absolute atomic E-state index is 0.0627. The molecule has 0 unspecified atom stereocenters. The molecule has 0 saturated heterocycles. The van der Waals surface area contributed by atoms with Crippen LogP contribution in [-0.2, 0) is 6.42 Å². The summed E-state index contributed by atoms with van der Waals surface area (Å²) >= 11 is 1.11. The molecule has 1 heterocycles. The van der Waals surface area contributed by atoms with Crippen molar-refractivity contribution in [3.05, 3.63) is 87.6 Å². The normalized spacial score (nSPS) is 11.2. The number of ether oxygens (including phenoxy) is 1. The number of alkyl halides is 2. The van der Waals surface area contributed by atoms with Crippen molar-refractivity contribution in [2.45, 2.75) is 13.0 Å². The third-order valence-electron chi connectivity index (χ3n) is 3.76. The fraction of sp³-hybridized carbons (Fsp3) is 0.0952. The van der Waals surface area contributed by atoms with Gasteiger partial charge in [-0.1, -0.05) is 66.7 Å². The molecule has 2 nitrogen and oxygen atoms in total. The summed E-state index contributed by atoms with van der Waals surface area (Å²) in [6.45, 7) is -2.95. The topological polar surface area (TPSA) is 26.3 Å². The molecule has 0 atom stereocenters. The Labute approximate surface area is 154 Å². The predicted octanol–water partition coefficient (Wildman–Crippen LogP) is 5.95. The zero-order valence-corrected chi connectivity index (χ0v) is 14.6. The van der Waals surface area contributed by atoms with Crippen LogP contribution in [0, 0.1) is 0 Å². The number of thiophene rings is 1. The van der Waals surface area contributed by atoms with Crippen LogP contribution in [0.1, 0.15) is 26.4 Å². The fourth-order valence-corrected chi connectivity index (χ4v) is 3.31. The second-order valence-electron chi connectivity index (χ2n) is 5.54. The molecule has 0 N–H and O–H groups in total. The lowest BCUT2D eigenvalue weighted by Crippen LogP contribution is -2.08. The van der Waals surface area contributed by atoms with E-state index in [4.69, 9.17) is 0 Å². The van der Waals surface area contributed by atoms with Gasteiger partial charge in [0.2, 0.25) is 0 Å². The van der Waals surface area contributed by atoms with E-state index in [0.717, 1.165) is 28.0 Å². The van der Waals surface area contributed by atoms with E-state index >= 15 is 0 Å². The molecule has 132 valence electrons. The molecule has 1 aromatic heterocycles. The highest BCUT2D eigenvalue weighted by atomic mass is 32.1. The Morgan fingerprint density at radius 3 is 2.50 bits per heavy atom. The van der Waals surface area contributed by atoms with Crippen LogP contribution in [0.3, 0.4) is 0 Å². The number of Topliss-reactive ketones (excluding diaryl/α,β-unsaturated/α-hetero) is 1. The number of hydrogen-bond donors (Lipinski definition) is 0. The van der Waals surface area contributed by atoms with E-state index in [-0.39, 0.29) is 22.8 Å². The van der Waals surface area contributed by atoms with Crippen LogP contribution in [0.25, 0.3) is 12.2 Å². The maximum atomic E-state index is 12.6. The first kappa shape index (κ1) is 18.0. The highest BCUT2D eigenvalue weighted by Crippen LogP contribution is 2.28. The van der Waals surface area contributed by atoms with E-state index in [1.54, 1.807) is 5.38 Å². The summed E-state index contributed by atoms with van der Waals surface area (Å²) in [5.41, 5.74) is 2.80. The van der Waals surface area contributed by atoms with Gasteiger partial charge in [-0.05, 0) is 28.1 Å². The number of benzene rings is 2. The molecular weight excluding hydrogens is 354 g/mol. The van der Waals surface area contributed by atoms with Crippen molar-refractivity contribution in [2.75, 3.05) is 0 Å². The molecule has 3 rings (SSSR count). The lowest BCUT2D eigenvalue weighted by atomic mass is 10.0. The monoisotopic (exact) mass is 370 g/mol. The number of carbonyl (C=O) groups excluding carboxylic acids is 1. The average molecular weight is 370 g/mol. The molecule has 0 aliphatic heterocycles. The summed E-state index contributed by atoms with van der Waals surface area (Å²) in [5.74, 6) is -0.302. The van der Waals surface area contributed by atoms with Crippen LogP contribution in [0.15, 0.2) is 66.0 Å². The van der Waals surface area contributed by atoms with Gasteiger partial charge in [0.25, 0.3) is 0 Å². The van der Waals surface area contributed by atoms with Crippen molar-refractivity contribution in [1.29, 1.82) is 0 Å². The Bertz CT molecular complexity index is 901. The molecule has 0 fully saturated rings. The van der Waals surface area contributed by atoms with Crippen molar-refractivity contribution in [3.63, 3.8) is 0 Å². The van der Waals surface area contributed by atoms with Crippen molar-refractivity contribution < 1.29 is 18.3 Å². The summed E-state index contributed by atoms with van der Waals surface area (Å²) in [5, 5.41) is 1.58. The molecule has 0 saturated carbocycles. The molecule has 2 aromatic carbocycles. The van der Waals surface area contributed by atoms with Crippen LogP contribution in [-0.4, -0.2) is 12.4 Å². The standard InChI is InChI=1S/C21H16F2O2S/c22-21(23)25-19-12-13-26-20(19)18(24)14-17-9-5-4-8-16(17)11-10-15-6-2-1-3-7-15/h1-13,21H,14H2/b11-10-.